The molecule has 7 heteroatoms. The fourth-order valence-corrected chi connectivity index (χ4v) is 7.09. The van der Waals surface area contributed by atoms with Crippen LogP contribution in [0, 0.1) is 19.7 Å². The van der Waals surface area contributed by atoms with Crippen LogP contribution in [0.15, 0.2) is 48.8 Å². The molecule has 0 spiro atoms. The first kappa shape index (κ1) is 20.3. The monoisotopic (exact) mass is 438 g/mol. The van der Waals surface area contributed by atoms with E-state index in [1.54, 1.807) is 10.6 Å². The Hall–Kier alpha value is -2.64. The summed E-state index contributed by atoms with van der Waals surface area (Å²) in [6.07, 6.45) is 5.84. The topological polar surface area (TPSA) is 50.2 Å². The molecule has 1 saturated carbocycles. The maximum Gasteiger partial charge on any atom is 0.175 e. The lowest BCUT2D eigenvalue weighted by Crippen LogP contribution is -2.20. The maximum absolute atomic E-state index is 14.6. The highest BCUT2D eigenvalue weighted by molar-refractivity contribution is 8.02. The molecule has 1 aliphatic carbocycles. The molecule has 1 aliphatic heterocycles. The van der Waals surface area contributed by atoms with Crippen molar-refractivity contribution >= 4 is 25.9 Å². The molecule has 31 heavy (non-hydrogen) atoms. The number of aryl methyl sites for hydroxylation is 2. The highest BCUT2D eigenvalue weighted by atomic mass is 32.2. The molecule has 1 N–H and O–H groups in total. The fraction of sp³-hybridized carbons (Fsp3) is 0.333. The number of hydrogen-bond acceptors (Lipinski definition) is 4. The summed E-state index contributed by atoms with van der Waals surface area (Å²) < 4.78 is 29.2. The molecule has 2 aliphatic rings. The lowest BCUT2D eigenvalue weighted by atomic mass is 10.1. The van der Waals surface area contributed by atoms with Gasteiger partial charge in [-0.15, -0.1) is 0 Å². The average molecular weight is 439 g/mol. The van der Waals surface area contributed by atoms with Crippen LogP contribution in [0.25, 0.3) is 5.82 Å². The van der Waals surface area contributed by atoms with Gasteiger partial charge in [0.05, 0.1) is 5.88 Å². The number of halogens is 1. The molecule has 1 aromatic carbocycles. The van der Waals surface area contributed by atoms with Gasteiger partial charge in [-0.2, -0.15) is 0 Å². The third-order valence-corrected chi connectivity index (χ3v) is 8.92. The van der Waals surface area contributed by atoms with E-state index in [9.17, 15) is 8.60 Å². The molecule has 1 saturated heterocycles. The van der Waals surface area contributed by atoms with Crippen LogP contribution in [0.4, 0.5) is 15.9 Å². The summed E-state index contributed by atoms with van der Waals surface area (Å²) in [5.41, 5.74) is 4.32. The van der Waals surface area contributed by atoms with Crippen molar-refractivity contribution in [3.8, 4) is 5.82 Å². The Balaban J connectivity index is 1.33. The number of nitrogens with zero attached hydrogens (tertiary/aromatic N) is 3. The van der Waals surface area contributed by atoms with Crippen molar-refractivity contribution in [2.24, 2.45) is 0 Å². The molecule has 1 unspecified atom stereocenters. The van der Waals surface area contributed by atoms with E-state index in [1.165, 1.54) is 10.9 Å². The highest BCUT2D eigenvalue weighted by Crippen LogP contribution is 2.25. The van der Waals surface area contributed by atoms with Crippen LogP contribution in [0.2, 0.25) is 0 Å². The van der Waals surface area contributed by atoms with Crippen LogP contribution in [0.1, 0.15) is 29.5 Å². The molecule has 162 valence electrons. The van der Waals surface area contributed by atoms with Crippen LogP contribution in [0.5, 0.6) is 0 Å². The Morgan fingerprint density at radius 2 is 1.90 bits per heavy atom. The zero-order valence-corrected chi connectivity index (χ0v) is 18.7. The van der Waals surface area contributed by atoms with Gasteiger partial charge in [0, 0.05) is 36.9 Å². The van der Waals surface area contributed by atoms with Gasteiger partial charge in [-0.3, -0.25) is 9.11 Å². The summed E-state index contributed by atoms with van der Waals surface area (Å²) in [6.45, 7) is 5.67. The van der Waals surface area contributed by atoms with E-state index in [0.717, 1.165) is 54.1 Å². The van der Waals surface area contributed by atoms with E-state index >= 15 is 0 Å². The summed E-state index contributed by atoms with van der Waals surface area (Å²) >= 11 is 0. The minimum absolute atomic E-state index is 0.263. The van der Waals surface area contributed by atoms with Crippen LogP contribution < -0.4 is 5.32 Å². The smallest absolute Gasteiger partial charge is 0.175 e. The van der Waals surface area contributed by atoms with E-state index in [2.05, 4.69) is 21.3 Å². The van der Waals surface area contributed by atoms with Gasteiger partial charge in [-0.1, -0.05) is 6.07 Å². The quantitative estimate of drug-likeness (QED) is 0.600. The Morgan fingerprint density at radius 1 is 1.13 bits per heavy atom. The van der Waals surface area contributed by atoms with E-state index in [-0.39, 0.29) is 11.6 Å². The maximum atomic E-state index is 14.6. The van der Waals surface area contributed by atoms with Gasteiger partial charge < -0.3 is 9.88 Å². The first-order valence-electron chi connectivity index (χ1n) is 10.6. The van der Waals surface area contributed by atoms with Crippen molar-refractivity contribution in [2.45, 2.75) is 33.2 Å². The lowest BCUT2D eigenvalue weighted by molar-refractivity contribution is 0.348. The molecule has 2 aromatic heterocycles. The molecule has 5 nitrogen and oxygen atoms in total. The van der Waals surface area contributed by atoms with Crippen molar-refractivity contribution in [3.63, 3.8) is 0 Å². The largest absolute Gasteiger partial charge is 0.340 e. The molecular weight excluding hydrogens is 411 g/mol. The summed E-state index contributed by atoms with van der Waals surface area (Å²) in [5.74, 6) is 1.93. The summed E-state index contributed by atoms with van der Waals surface area (Å²) in [6, 6.07) is 11.3. The Kier molecular flexibility index (Phi) is 5.10. The SMILES string of the molecule is Cc1cc(C)cc(Nc2ccc(F)c(-n3ccc(CN4CCS(=O)(=C5CC5)C4)c3)n2)c1. The number of aromatic nitrogens is 2. The zero-order chi connectivity index (χ0) is 21.6. The van der Waals surface area contributed by atoms with Crippen molar-refractivity contribution in [1.82, 2.24) is 14.5 Å². The summed E-state index contributed by atoms with van der Waals surface area (Å²) in [4.78, 5) is 8.03. The molecule has 1 atom stereocenters. The number of nitrogens with one attached hydrogen (secondary N) is 1. The second-order valence-corrected chi connectivity index (χ2v) is 11.5. The number of benzene rings is 1. The summed E-state index contributed by atoms with van der Waals surface area (Å²) in [7, 11) is -1.77. The second kappa shape index (κ2) is 7.80. The first-order valence-corrected chi connectivity index (χ1v) is 12.5. The molecule has 0 amide bonds. The van der Waals surface area contributed by atoms with Gasteiger partial charge in [0.2, 0.25) is 0 Å². The van der Waals surface area contributed by atoms with Crippen LogP contribution in [-0.2, 0) is 16.1 Å². The van der Waals surface area contributed by atoms with Gasteiger partial charge in [0.25, 0.3) is 0 Å². The molecular formula is C24H27FN4OS. The number of anilines is 2. The summed E-state index contributed by atoms with van der Waals surface area (Å²) in [5, 5.41) is 3.28. The van der Waals surface area contributed by atoms with Gasteiger partial charge in [0.15, 0.2) is 11.6 Å². The third kappa shape index (κ3) is 4.38. The molecule has 0 bridgehead atoms. The van der Waals surface area contributed by atoms with E-state index in [4.69, 9.17) is 0 Å². The minimum Gasteiger partial charge on any atom is -0.340 e. The zero-order valence-electron chi connectivity index (χ0n) is 17.9. The number of pyridine rings is 1. The van der Waals surface area contributed by atoms with E-state index in [1.807, 2.05) is 44.4 Å². The van der Waals surface area contributed by atoms with Gasteiger partial charge >= 0.3 is 0 Å². The Bertz CT molecular complexity index is 1250. The predicted octanol–water partition coefficient (Wildman–Crippen LogP) is 4.40. The average Bonchev–Trinajstić information content (AvgIpc) is 3.37. The molecule has 3 heterocycles. The van der Waals surface area contributed by atoms with Crippen LogP contribution in [0.3, 0.4) is 0 Å². The fourth-order valence-electron chi connectivity index (χ4n) is 4.28. The van der Waals surface area contributed by atoms with Crippen molar-refractivity contribution in [3.05, 3.63) is 71.3 Å². The highest BCUT2D eigenvalue weighted by Gasteiger charge is 2.31. The van der Waals surface area contributed by atoms with Gasteiger partial charge in [-0.25, -0.2) is 9.37 Å². The van der Waals surface area contributed by atoms with Gasteiger partial charge in [0.1, 0.15) is 5.82 Å². The van der Waals surface area contributed by atoms with Crippen LogP contribution >= 0.6 is 0 Å². The first-order chi connectivity index (χ1) is 14.9. The third-order valence-electron chi connectivity index (χ3n) is 5.84. The minimum atomic E-state index is -1.77. The predicted molar refractivity (Wildman–Crippen MR) is 125 cm³/mol. The molecule has 0 radical (unpaired) electrons. The second-order valence-electron chi connectivity index (χ2n) is 8.67. The Labute approximate surface area is 182 Å². The lowest BCUT2D eigenvalue weighted by Gasteiger charge is -2.13. The van der Waals surface area contributed by atoms with Crippen molar-refractivity contribution in [2.75, 3.05) is 23.5 Å². The standard InChI is InChI=1S/C24H27FN4OS/c1-17-11-18(2)13-20(12-17)26-23-6-5-22(25)24(27-23)29-8-7-19(15-29)14-28-9-10-31(30,16-28)21-3-4-21/h5-8,11-13,15H,3-4,9-10,14,16H2,1-2H3,(H,26,27). The van der Waals surface area contributed by atoms with Crippen LogP contribution in [-0.4, -0.2) is 41.7 Å². The molecule has 5 rings (SSSR count). The van der Waals surface area contributed by atoms with Crippen molar-refractivity contribution < 1.29 is 8.60 Å². The van der Waals surface area contributed by atoms with Crippen molar-refractivity contribution in [1.29, 1.82) is 0 Å². The molecule has 2 fully saturated rings. The van der Waals surface area contributed by atoms with E-state index < -0.39 is 9.52 Å². The Morgan fingerprint density at radius 3 is 2.65 bits per heavy atom. The number of rotatable bonds is 5. The normalized spacial score (nSPS) is 20.9. The molecule has 3 aromatic rings. The van der Waals surface area contributed by atoms with Gasteiger partial charge in [-0.05, 0) is 88.1 Å². The number of hydrogen-bond donors (Lipinski definition) is 1. The van der Waals surface area contributed by atoms with E-state index in [0.29, 0.717) is 11.7 Å².